The van der Waals surface area contributed by atoms with Gasteiger partial charge in [0.1, 0.15) is 0 Å². The maximum atomic E-state index is 5.21. The van der Waals surface area contributed by atoms with Gasteiger partial charge in [0, 0.05) is 11.6 Å². The van der Waals surface area contributed by atoms with Gasteiger partial charge in [0.15, 0.2) is 4.67 Å². The average Bonchev–Trinajstić information content (AvgIpc) is 2.53. The van der Waals surface area contributed by atoms with E-state index in [4.69, 9.17) is 4.42 Å². The molecule has 3 heteroatoms. The monoisotopic (exact) mass is 257 g/mol. The van der Waals surface area contributed by atoms with Crippen LogP contribution in [-0.2, 0) is 0 Å². The van der Waals surface area contributed by atoms with Crippen LogP contribution in [0.1, 0.15) is 31.4 Å². The summed E-state index contributed by atoms with van der Waals surface area (Å²) >= 11 is 3.39. The van der Waals surface area contributed by atoms with Crippen molar-refractivity contribution in [3.05, 3.63) is 34.7 Å². The van der Waals surface area contributed by atoms with Crippen LogP contribution in [0.25, 0.3) is 0 Å². The van der Waals surface area contributed by atoms with Gasteiger partial charge in [-0.05, 0) is 48.8 Å². The second-order valence-electron chi connectivity index (χ2n) is 3.49. The van der Waals surface area contributed by atoms with Crippen LogP contribution in [0.3, 0.4) is 0 Å². The maximum Gasteiger partial charge on any atom is 0.173 e. The van der Waals surface area contributed by atoms with Gasteiger partial charge in [0.05, 0.1) is 6.26 Å². The van der Waals surface area contributed by atoms with Crippen molar-refractivity contribution in [3.63, 3.8) is 0 Å². The third-order valence-corrected chi connectivity index (χ3v) is 2.87. The average molecular weight is 258 g/mol. The fraction of sp³-hybridized carbons (Fsp3) is 0.455. The van der Waals surface area contributed by atoms with E-state index < -0.39 is 0 Å². The highest BCUT2D eigenvalue weighted by Crippen LogP contribution is 2.27. The minimum absolute atomic E-state index is 0.333. The molecular weight excluding hydrogens is 242 g/mol. The second-order valence-corrected chi connectivity index (χ2v) is 4.21. The van der Waals surface area contributed by atoms with Gasteiger partial charge in [-0.2, -0.15) is 0 Å². The minimum atomic E-state index is 0.333. The lowest BCUT2D eigenvalue weighted by molar-refractivity contribution is 0.505. The molecule has 0 aromatic carbocycles. The van der Waals surface area contributed by atoms with Crippen molar-refractivity contribution in [2.75, 3.05) is 7.05 Å². The zero-order chi connectivity index (χ0) is 10.6. The lowest BCUT2D eigenvalue weighted by Gasteiger charge is -2.14. The molecule has 0 aliphatic carbocycles. The first-order chi connectivity index (χ1) is 6.65. The van der Waals surface area contributed by atoms with Crippen molar-refractivity contribution in [2.45, 2.75) is 25.8 Å². The fourth-order valence-electron chi connectivity index (χ4n) is 1.40. The molecular formula is C11H16BrNO. The van der Waals surface area contributed by atoms with E-state index >= 15 is 0 Å². The first-order valence-electron chi connectivity index (χ1n) is 4.69. The van der Waals surface area contributed by atoms with Gasteiger partial charge in [-0.15, -0.1) is 6.58 Å². The molecule has 0 spiro atoms. The Balaban J connectivity index is 2.63. The highest BCUT2D eigenvalue weighted by atomic mass is 79.9. The third kappa shape index (κ3) is 3.00. The van der Waals surface area contributed by atoms with E-state index in [-0.39, 0.29) is 0 Å². The Morgan fingerprint density at radius 3 is 2.86 bits per heavy atom. The molecule has 1 atom stereocenters. The number of hydrogen-bond donors (Lipinski definition) is 1. The Bertz CT molecular complexity index is 306. The highest BCUT2D eigenvalue weighted by Gasteiger charge is 2.14. The van der Waals surface area contributed by atoms with Crippen molar-refractivity contribution >= 4 is 15.9 Å². The predicted molar refractivity (Wildman–Crippen MR) is 62.3 cm³/mol. The van der Waals surface area contributed by atoms with E-state index in [1.165, 1.54) is 11.1 Å². The molecule has 1 heterocycles. The molecule has 14 heavy (non-hydrogen) atoms. The molecule has 0 bridgehead atoms. The topological polar surface area (TPSA) is 25.2 Å². The summed E-state index contributed by atoms with van der Waals surface area (Å²) in [5.41, 5.74) is 2.39. The van der Waals surface area contributed by atoms with E-state index in [9.17, 15) is 0 Å². The standard InChI is InChI=1S/C11H16BrNO/c1-8(2)4-5-10(13-3)9-6-7-14-11(9)12/h6-7,10,13H,1,4-5H2,2-3H3. The van der Waals surface area contributed by atoms with Crippen LogP contribution >= 0.6 is 15.9 Å². The van der Waals surface area contributed by atoms with Gasteiger partial charge >= 0.3 is 0 Å². The van der Waals surface area contributed by atoms with Crippen LogP contribution < -0.4 is 5.32 Å². The van der Waals surface area contributed by atoms with Gasteiger partial charge < -0.3 is 9.73 Å². The Hall–Kier alpha value is -0.540. The Labute approximate surface area is 93.5 Å². The van der Waals surface area contributed by atoms with Gasteiger partial charge in [0.2, 0.25) is 0 Å². The van der Waals surface area contributed by atoms with Crippen molar-refractivity contribution in [3.8, 4) is 0 Å². The van der Waals surface area contributed by atoms with Crippen LogP contribution in [0.15, 0.2) is 33.6 Å². The number of allylic oxidation sites excluding steroid dienone is 1. The summed E-state index contributed by atoms with van der Waals surface area (Å²) in [7, 11) is 1.96. The molecule has 2 nitrogen and oxygen atoms in total. The Kier molecular flexibility index (Phi) is 4.42. The fourth-order valence-corrected chi connectivity index (χ4v) is 1.92. The molecule has 0 amide bonds. The van der Waals surface area contributed by atoms with Crippen LogP contribution in [0.5, 0.6) is 0 Å². The zero-order valence-electron chi connectivity index (χ0n) is 8.64. The Morgan fingerprint density at radius 1 is 1.71 bits per heavy atom. The number of nitrogens with one attached hydrogen (secondary N) is 1. The van der Waals surface area contributed by atoms with Crippen molar-refractivity contribution in [1.29, 1.82) is 0 Å². The maximum absolute atomic E-state index is 5.21. The number of furan rings is 1. The van der Waals surface area contributed by atoms with Crippen molar-refractivity contribution in [2.24, 2.45) is 0 Å². The van der Waals surface area contributed by atoms with Crippen LogP contribution in [0.4, 0.5) is 0 Å². The number of rotatable bonds is 5. The first kappa shape index (κ1) is 11.5. The van der Waals surface area contributed by atoms with E-state index in [0.29, 0.717) is 6.04 Å². The summed E-state index contributed by atoms with van der Waals surface area (Å²) in [4.78, 5) is 0. The molecule has 1 aromatic rings. The summed E-state index contributed by atoms with van der Waals surface area (Å²) in [6, 6.07) is 2.32. The summed E-state index contributed by atoms with van der Waals surface area (Å²) in [5, 5.41) is 3.27. The summed E-state index contributed by atoms with van der Waals surface area (Å²) in [5.74, 6) is 0. The molecule has 0 fully saturated rings. The molecule has 0 radical (unpaired) electrons. The molecule has 0 aliphatic heterocycles. The van der Waals surface area contributed by atoms with E-state index in [2.05, 4.69) is 34.7 Å². The molecule has 1 unspecified atom stereocenters. The third-order valence-electron chi connectivity index (χ3n) is 2.23. The lowest BCUT2D eigenvalue weighted by atomic mass is 10.0. The number of hydrogen-bond acceptors (Lipinski definition) is 2. The lowest BCUT2D eigenvalue weighted by Crippen LogP contribution is -2.16. The van der Waals surface area contributed by atoms with Crippen LogP contribution in [0, 0.1) is 0 Å². The molecule has 1 rings (SSSR count). The molecule has 1 aromatic heterocycles. The first-order valence-corrected chi connectivity index (χ1v) is 5.49. The quantitative estimate of drug-likeness (QED) is 0.815. The summed E-state index contributed by atoms with van der Waals surface area (Å²) in [6.45, 7) is 5.95. The summed E-state index contributed by atoms with van der Waals surface area (Å²) in [6.07, 6.45) is 3.78. The largest absolute Gasteiger partial charge is 0.457 e. The van der Waals surface area contributed by atoms with Crippen LogP contribution in [0.2, 0.25) is 0 Å². The van der Waals surface area contributed by atoms with Crippen molar-refractivity contribution in [1.82, 2.24) is 5.32 Å². The van der Waals surface area contributed by atoms with Crippen molar-refractivity contribution < 1.29 is 4.42 Å². The minimum Gasteiger partial charge on any atom is -0.457 e. The van der Waals surface area contributed by atoms with Gasteiger partial charge in [0.25, 0.3) is 0 Å². The molecule has 0 saturated carbocycles. The summed E-state index contributed by atoms with van der Waals surface area (Å²) < 4.78 is 6.03. The molecule has 0 aliphatic rings. The van der Waals surface area contributed by atoms with Gasteiger partial charge in [-0.1, -0.05) is 5.57 Å². The normalized spacial score (nSPS) is 12.8. The predicted octanol–water partition coefficient (Wildman–Crippen LogP) is 3.66. The van der Waals surface area contributed by atoms with Gasteiger partial charge in [-0.3, -0.25) is 0 Å². The van der Waals surface area contributed by atoms with E-state index in [0.717, 1.165) is 17.5 Å². The van der Waals surface area contributed by atoms with Crippen LogP contribution in [-0.4, -0.2) is 7.05 Å². The Morgan fingerprint density at radius 2 is 2.43 bits per heavy atom. The van der Waals surface area contributed by atoms with Gasteiger partial charge in [-0.25, -0.2) is 0 Å². The number of halogens is 1. The highest BCUT2D eigenvalue weighted by molar-refractivity contribution is 9.10. The van der Waals surface area contributed by atoms with E-state index in [1.54, 1.807) is 6.26 Å². The second kappa shape index (κ2) is 5.37. The molecule has 0 saturated heterocycles. The van der Waals surface area contributed by atoms with E-state index in [1.807, 2.05) is 13.1 Å². The zero-order valence-corrected chi connectivity index (χ0v) is 10.2. The smallest absolute Gasteiger partial charge is 0.173 e. The molecule has 78 valence electrons. The SMILES string of the molecule is C=C(C)CCC(NC)c1ccoc1Br. The molecule has 1 N–H and O–H groups in total.